The zero-order valence-electron chi connectivity index (χ0n) is 27.1. The Balaban J connectivity index is 1.15. The van der Waals surface area contributed by atoms with Crippen molar-refractivity contribution in [3.63, 3.8) is 0 Å². The third-order valence-electron chi connectivity index (χ3n) is 11.6. The summed E-state index contributed by atoms with van der Waals surface area (Å²) in [6.07, 6.45) is 0. The second kappa shape index (κ2) is 9.37. The predicted molar refractivity (Wildman–Crippen MR) is 206 cm³/mol. The fourth-order valence-electron chi connectivity index (χ4n) is 9.66. The lowest BCUT2D eigenvalue weighted by molar-refractivity contribution is 0.488. The van der Waals surface area contributed by atoms with Crippen LogP contribution < -0.4 is 4.74 Å². The van der Waals surface area contributed by atoms with Crippen LogP contribution in [0.25, 0.3) is 76.8 Å². The summed E-state index contributed by atoms with van der Waals surface area (Å²) in [6.45, 7) is 0. The predicted octanol–water partition coefficient (Wildman–Crippen LogP) is 12.9. The Hall–Kier alpha value is -6.44. The van der Waals surface area contributed by atoms with Gasteiger partial charge in [-0.25, -0.2) is 0 Å². The van der Waals surface area contributed by atoms with Crippen LogP contribution in [0.15, 0.2) is 170 Å². The van der Waals surface area contributed by atoms with E-state index >= 15 is 0 Å². The molecule has 0 radical (unpaired) electrons. The highest BCUT2D eigenvalue weighted by Crippen LogP contribution is 2.62. The highest BCUT2D eigenvalue weighted by atomic mass is 16.5. The van der Waals surface area contributed by atoms with Crippen molar-refractivity contribution in [3.8, 4) is 56.0 Å². The second-order valence-corrected chi connectivity index (χ2v) is 13.9. The van der Waals surface area contributed by atoms with Gasteiger partial charge in [-0.1, -0.05) is 146 Å². The number of benzene rings is 9. The Morgan fingerprint density at radius 2 is 0.900 bits per heavy atom. The number of hydrogen-bond donors (Lipinski definition) is 0. The van der Waals surface area contributed by atoms with Crippen molar-refractivity contribution in [2.24, 2.45) is 0 Å². The zero-order chi connectivity index (χ0) is 32.6. The maximum atomic E-state index is 6.66. The van der Waals surface area contributed by atoms with E-state index in [0.717, 1.165) is 17.1 Å². The SMILES string of the molecule is c1ccc2c(c1)-c1ccc(-c3ccc4c5c(cccc35)-c3cc5ccccc5cc3O4)cc1C21c2ccccc2-c2cccc3cccc1c23. The Morgan fingerprint density at radius 1 is 0.320 bits per heavy atom. The first-order valence-electron chi connectivity index (χ1n) is 17.4. The molecule has 9 aromatic rings. The van der Waals surface area contributed by atoms with Gasteiger partial charge in [0.1, 0.15) is 11.5 Å². The summed E-state index contributed by atoms with van der Waals surface area (Å²) in [7, 11) is 0. The fraction of sp³-hybridized carbons (Fsp3) is 0.0204. The highest BCUT2D eigenvalue weighted by molar-refractivity contribution is 6.12. The van der Waals surface area contributed by atoms with Gasteiger partial charge in [-0.2, -0.15) is 0 Å². The largest absolute Gasteiger partial charge is 0.456 e. The van der Waals surface area contributed by atoms with Crippen LogP contribution in [0.2, 0.25) is 0 Å². The second-order valence-electron chi connectivity index (χ2n) is 13.9. The molecule has 1 heteroatoms. The lowest BCUT2D eigenvalue weighted by Crippen LogP contribution is -2.31. The number of fused-ring (bicyclic) bond motifs is 12. The molecule has 2 aliphatic carbocycles. The van der Waals surface area contributed by atoms with Crippen molar-refractivity contribution < 1.29 is 4.74 Å². The van der Waals surface area contributed by atoms with Crippen LogP contribution in [0.1, 0.15) is 22.3 Å². The topological polar surface area (TPSA) is 9.23 Å². The molecule has 3 aliphatic rings. The Morgan fingerprint density at radius 3 is 1.72 bits per heavy atom. The van der Waals surface area contributed by atoms with E-state index in [0.29, 0.717) is 0 Å². The number of ether oxygens (including phenoxy) is 1. The van der Waals surface area contributed by atoms with Gasteiger partial charge < -0.3 is 4.74 Å². The minimum atomic E-state index is -0.443. The maximum Gasteiger partial charge on any atom is 0.135 e. The average Bonchev–Trinajstić information content (AvgIpc) is 3.46. The van der Waals surface area contributed by atoms with Gasteiger partial charge in [-0.15, -0.1) is 0 Å². The van der Waals surface area contributed by atoms with Crippen molar-refractivity contribution in [2.75, 3.05) is 0 Å². The molecule has 1 spiro atoms. The van der Waals surface area contributed by atoms with Crippen molar-refractivity contribution >= 4 is 32.3 Å². The van der Waals surface area contributed by atoms with Crippen LogP contribution in [0.4, 0.5) is 0 Å². The summed E-state index contributed by atoms with van der Waals surface area (Å²) in [6, 6.07) is 63.1. The van der Waals surface area contributed by atoms with Crippen molar-refractivity contribution in [3.05, 3.63) is 192 Å². The third kappa shape index (κ3) is 3.18. The molecule has 0 aromatic heterocycles. The van der Waals surface area contributed by atoms with E-state index in [1.807, 2.05) is 0 Å². The van der Waals surface area contributed by atoms with E-state index in [4.69, 9.17) is 4.74 Å². The van der Waals surface area contributed by atoms with Crippen LogP contribution in [-0.2, 0) is 5.41 Å². The molecule has 230 valence electrons. The molecule has 1 nitrogen and oxygen atoms in total. The monoisotopic (exact) mass is 632 g/mol. The molecule has 0 N–H and O–H groups in total. The van der Waals surface area contributed by atoms with Crippen LogP contribution in [-0.4, -0.2) is 0 Å². The average molecular weight is 633 g/mol. The molecule has 9 aromatic carbocycles. The molecule has 1 heterocycles. The highest BCUT2D eigenvalue weighted by Gasteiger charge is 2.50. The Kier molecular flexibility index (Phi) is 4.97. The van der Waals surface area contributed by atoms with Crippen LogP contribution >= 0.6 is 0 Å². The molecule has 12 rings (SSSR count). The van der Waals surface area contributed by atoms with Gasteiger partial charge in [0.2, 0.25) is 0 Å². The smallest absolute Gasteiger partial charge is 0.135 e. The molecule has 1 atom stereocenters. The van der Waals surface area contributed by atoms with Crippen molar-refractivity contribution in [2.45, 2.75) is 5.41 Å². The standard InChI is InChI=1S/C49H28O/c1-2-11-31-28-46-40(26-30(31)10-1)39-18-9-17-37-33(24-25-45(50-46)48(37)39)32-22-23-36-34-14-3-5-19-41(34)49(44(36)27-32)42-20-6-4-15-35(42)38-16-7-12-29-13-8-21-43(49)47(29)38/h1-28H. The van der Waals surface area contributed by atoms with Gasteiger partial charge in [-0.05, 0) is 112 Å². The first-order chi connectivity index (χ1) is 24.8. The molecule has 0 amide bonds. The molecule has 50 heavy (non-hydrogen) atoms. The van der Waals surface area contributed by atoms with E-state index in [1.165, 1.54) is 93.5 Å². The normalized spacial score (nSPS) is 15.8. The third-order valence-corrected chi connectivity index (χ3v) is 11.6. The van der Waals surface area contributed by atoms with E-state index in [9.17, 15) is 0 Å². The van der Waals surface area contributed by atoms with Crippen LogP contribution in [0.5, 0.6) is 11.5 Å². The van der Waals surface area contributed by atoms with Crippen molar-refractivity contribution in [1.82, 2.24) is 0 Å². The quantitative estimate of drug-likeness (QED) is 0.175. The lowest BCUT2D eigenvalue weighted by Gasteiger charge is -2.40. The molecular formula is C49H28O. The molecule has 0 bridgehead atoms. The molecular weight excluding hydrogens is 605 g/mol. The van der Waals surface area contributed by atoms with Crippen molar-refractivity contribution in [1.29, 1.82) is 0 Å². The van der Waals surface area contributed by atoms with E-state index in [1.54, 1.807) is 0 Å². The fourth-order valence-corrected chi connectivity index (χ4v) is 9.66. The number of hydrogen-bond acceptors (Lipinski definition) is 1. The maximum absolute atomic E-state index is 6.66. The summed E-state index contributed by atoms with van der Waals surface area (Å²) in [5.74, 6) is 1.83. The minimum absolute atomic E-state index is 0.443. The van der Waals surface area contributed by atoms with Crippen LogP contribution in [0, 0.1) is 0 Å². The summed E-state index contributed by atoms with van der Waals surface area (Å²) >= 11 is 0. The molecule has 1 aliphatic heterocycles. The van der Waals surface area contributed by atoms with Gasteiger partial charge in [-0.3, -0.25) is 0 Å². The zero-order valence-corrected chi connectivity index (χ0v) is 27.1. The Labute approximate surface area is 289 Å². The molecule has 1 unspecified atom stereocenters. The summed E-state index contributed by atoms with van der Waals surface area (Å²) in [5.41, 5.74) is 15.0. The van der Waals surface area contributed by atoms with Gasteiger partial charge in [0, 0.05) is 10.9 Å². The van der Waals surface area contributed by atoms with Gasteiger partial charge >= 0.3 is 0 Å². The molecule has 0 saturated heterocycles. The molecule has 0 fully saturated rings. The minimum Gasteiger partial charge on any atom is -0.456 e. The summed E-state index contributed by atoms with van der Waals surface area (Å²) in [5, 5.41) is 7.43. The van der Waals surface area contributed by atoms with E-state index in [2.05, 4.69) is 170 Å². The van der Waals surface area contributed by atoms with Gasteiger partial charge in [0.05, 0.1) is 5.41 Å². The summed E-state index contributed by atoms with van der Waals surface area (Å²) in [4.78, 5) is 0. The van der Waals surface area contributed by atoms with Gasteiger partial charge in [0.25, 0.3) is 0 Å². The molecule has 0 saturated carbocycles. The summed E-state index contributed by atoms with van der Waals surface area (Å²) < 4.78 is 6.66. The first-order valence-corrected chi connectivity index (χ1v) is 17.4. The Bertz CT molecular complexity index is 2960. The number of rotatable bonds is 1. The van der Waals surface area contributed by atoms with E-state index < -0.39 is 5.41 Å². The van der Waals surface area contributed by atoms with Gasteiger partial charge in [0.15, 0.2) is 0 Å². The van der Waals surface area contributed by atoms with Crippen LogP contribution in [0.3, 0.4) is 0 Å². The lowest BCUT2D eigenvalue weighted by atomic mass is 9.61. The van der Waals surface area contributed by atoms with E-state index in [-0.39, 0.29) is 0 Å². The first kappa shape index (κ1) is 26.5.